The number of hydrogen-bond acceptors (Lipinski definition) is 4. The molecule has 0 bridgehead atoms. The molecular weight excluding hydrogens is 316 g/mol. The molecule has 2 rings (SSSR count). The van der Waals surface area contributed by atoms with E-state index in [1.165, 1.54) is 38.8 Å². The van der Waals surface area contributed by atoms with Crippen LogP contribution in [0.15, 0.2) is 4.99 Å². The number of hydrogen-bond donors (Lipinski definition) is 1. The predicted octanol–water partition coefficient (Wildman–Crippen LogP) is 1.67. The van der Waals surface area contributed by atoms with Gasteiger partial charge in [-0.15, -0.1) is 0 Å². The smallest absolute Gasteiger partial charge is 0.193 e. The van der Waals surface area contributed by atoms with Gasteiger partial charge in [0.25, 0.3) is 0 Å². The van der Waals surface area contributed by atoms with Crippen molar-refractivity contribution in [3.63, 3.8) is 0 Å². The van der Waals surface area contributed by atoms with Crippen molar-refractivity contribution in [1.29, 1.82) is 0 Å². The van der Waals surface area contributed by atoms with Crippen LogP contribution in [0.4, 0.5) is 0 Å². The fraction of sp³-hybridized carbons (Fsp3) is 0.947. The average Bonchev–Trinajstić information content (AvgIpc) is 3.08. The first-order chi connectivity index (χ1) is 12.2. The van der Waals surface area contributed by atoms with Crippen molar-refractivity contribution in [2.45, 2.75) is 32.6 Å². The summed E-state index contributed by atoms with van der Waals surface area (Å²) in [7, 11) is 3.94. The maximum atomic E-state index is 5.70. The molecular formula is C19H38N4O2. The fourth-order valence-corrected chi connectivity index (χ4v) is 3.68. The summed E-state index contributed by atoms with van der Waals surface area (Å²) in [5, 5.41) is 3.47. The van der Waals surface area contributed by atoms with Gasteiger partial charge in [0.1, 0.15) is 0 Å². The molecule has 0 aromatic rings. The standard InChI is InChI=1S/C19H38N4O2/c1-4-20-19(21-9-5-17-6-10-22(2)11-7-17)23-12-8-18(15-23)16-25-14-13-24-3/h17-18H,4-16H2,1-3H3,(H,20,21). The van der Waals surface area contributed by atoms with Crippen molar-refractivity contribution in [1.82, 2.24) is 15.1 Å². The molecule has 0 aliphatic carbocycles. The number of aliphatic imine (C=N–C) groups is 1. The Kier molecular flexibility index (Phi) is 9.58. The van der Waals surface area contributed by atoms with Gasteiger partial charge in [0, 0.05) is 39.2 Å². The Morgan fingerprint density at radius 1 is 1.12 bits per heavy atom. The Balaban J connectivity index is 1.71. The maximum Gasteiger partial charge on any atom is 0.193 e. The third-order valence-corrected chi connectivity index (χ3v) is 5.34. The Bertz CT molecular complexity index is 384. The lowest BCUT2D eigenvalue weighted by molar-refractivity contribution is 0.0536. The number of guanidine groups is 1. The normalized spacial score (nSPS) is 23.4. The highest BCUT2D eigenvalue weighted by molar-refractivity contribution is 5.80. The molecule has 2 saturated heterocycles. The molecule has 0 aromatic heterocycles. The third kappa shape index (κ3) is 7.50. The zero-order valence-electron chi connectivity index (χ0n) is 16.5. The van der Waals surface area contributed by atoms with Crippen molar-refractivity contribution in [3.8, 4) is 0 Å². The monoisotopic (exact) mass is 354 g/mol. The van der Waals surface area contributed by atoms with E-state index >= 15 is 0 Å². The van der Waals surface area contributed by atoms with Gasteiger partial charge in [0.05, 0.1) is 19.8 Å². The fourth-order valence-electron chi connectivity index (χ4n) is 3.68. The van der Waals surface area contributed by atoms with Crippen LogP contribution < -0.4 is 5.32 Å². The summed E-state index contributed by atoms with van der Waals surface area (Å²) in [6.45, 7) is 10.8. The van der Waals surface area contributed by atoms with E-state index in [9.17, 15) is 0 Å². The number of ether oxygens (including phenoxy) is 2. The van der Waals surface area contributed by atoms with E-state index in [1.54, 1.807) is 7.11 Å². The van der Waals surface area contributed by atoms with Crippen molar-refractivity contribution in [3.05, 3.63) is 0 Å². The molecule has 0 spiro atoms. The maximum absolute atomic E-state index is 5.70. The highest BCUT2D eigenvalue weighted by Gasteiger charge is 2.25. The molecule has 1 N–H and O–H groups in total. The molecule has 0 saturated carbocycles. The third-order valence-electron chi connectivity index (χ3n) is 5.34. The van der Waals surface area contributed by atoms with Crippen LogP contribution in [-0.4, -0.2) is 89.0 Å². The van der Waals surface area contributed by atoms with Crippen LogP contribution in [0, 0.1) is 11.8 Å². The van der Waals surface area contributed by atoms with Crippen LogP contribution >= 0.6 is 0 Å². The molecule has 25 heavy (non-hydrogen) atoms. The minimum Gasteiger partial charge on any atom is -0.382 e. The molecule has 0 radical (unpaired) electrons. The molecule has 0 aromatic carbocycles. The lowest BCUT2D eigenvalue weighted by atomic mass is 9.94. The van der Waals surface area contributed by atoms with Gasteiger partial charge < -0.3 is 24.6 Å². The van der Waals surface area contributed by atoms with E-state index in [4.69, 9.17) is 14.5 Å². The molecule has 2 fully saturated rings. The second kappa shape index (κ2) is 11.7. The molecule has 6 nitrogen and oxygen atoms in total. The van der Waals surface area contributed by atoms with Gasteiger partial charge >= 0.3 is 0 Å². The van der Waals surface area contributed by atoms with E-state index in [-0.39, 0.29) is 0 Å². The Morgan fingerprint density at radius 2 is 1.88 bits per heavy atom. The van der Waals surface area contributed by atoms with Gasteiger partial charge in [-0.05, 0) is 58.7 Å². The number of rotatable bonds is 9. The van der Waals surface area contributed by atoms with Gasteiger partial charge in [-0.3, -0.25) is 4.99 Å². The van der Waals surface area contributed by atoms with Crippen LogP contribution in [0.2, 0.25) is 0 Å². The minimum atomic E-state index is 0.606. The quantitative estimate of drug-likeness (QED) is 0.388. The summed E-state index contributed by atoms with van der Waals surface area (Å²) in [6.07, 6.45) is 5.06. The predicted molar refractivity (Wildman–Crippen MR) is 103 cm³/mol. The molecule has 1 atom stereocenters. The molecule has 2 aliphatic rings. The van der Waals surface area contributed by atoms with Crippen LogP contribution in [0.5, 0.6) is 0 Å². The van der Waals surface area contributed by atoms with Crippen molar-refractivity contribution in [2.24, 2.45) is 16.8 Å². The first kappa shape index (κ1) is 20.5. The molecule has 6 heteroatoms. The lowest BCUT2D eigenvalue weighted by Gasteiger charge is -2.28. The molecule has 146 valence electrons. The zero-order valence-corrected chi connectivity index (χ0v) is 16.5. The van der Waals surface area contributed by atoms with E-state index in [0.717, 1.165) is 44.7 Å². The second-order valence-electron chi connectivity index (χ2n) is 7.44. The van der Waals surface area contributed by atoms with Crippen LogP contribution in [0.25, 0.3) is 0 Å². The van der Waals surface area contributed by atoms with Gasteiger partial charge in [-0.1, -0.05) is 0 Å². The topological polar surface area (TPSA) is 49.3 Å². The van der Waals surface area contributed by atoms with Gasteiger partial charge in [-0.2, -0.15) is 0 Å². The van der Waals surface area contributed by atoms with Gasteiger partial charge in [-0.25, -0.2) is 0 Å². The van der Waals surface area contributed by atoms with E-state index < -0.39 is 0 Å². The molecule has 2 heterocycles. The summed E-state index contributed by atoms with van der Waals surface area (Å²) < 4.78 is 10.7. The first-order valence-corrected chi connectivity index (χ1v) is 10.0. The largest absolute Gasteiger partial charge is 0.382 e. The summed E-state index contributed by atoms with van der Waals surface area (Å²) in [4.78, 5) is 9.75. The van der Waals surface area contributed by atoms with Crippen molar-refractivity contribution in [2.75, 3.05) is 73.2 Å². The number of likely N-dealkylation sites (tertiary alicyclic amines) is 2. The zero-order chi connectivity index (χ0) is 17.9. The Hall–Kier alpha value is -0.850. The first-order valence-electron chi connectivity index (χ1n) is 10.0. The molecule has 1 unspecified atom stereocenters. The van der Waals surface area contributed by atoms with Gasteiger partial charge in [0.2, 0.25) is 0 Å². The van der Waals surface area contributed by atoms with Crippen LogP contribution in [0.1, 0.15) is 32.6 Å². The highest BCUT2D eigenvalue weighted by atomic mass is 16.5. The van der Waals surface area contributed by atoms with Crippen molar-refractivity contribution < 1.29 is 9.47 Å². The summed E-state index contributed by atoms with van der Waals surface area (Å²) in [5.74, 6) is 2.55. The van der Waals surface area contributed by atoms with E-state index in [2.05, 4.69) is 29.1 Å². The lowest BCUT2D eigenvalue weighted by Crippen LogP contribution is -2.40. The number of methoxy groups -OCH3 is 1. The summed E-state index contributed by atoms with van der Waals surface area (Å²) in [5.41, 5.74) is 0. The molecule has 2 aliphatic heterocycles. The second-order valence-corrected chi connectivity index (χ2v) is 7.44. The average molecular weight is 355 g/mol. The number of nitrogens with zero attached hydrogens (tertiary/aromatic N) is 3. The van der Waals surface area contributed by atoms with Crippen LogP contribution in [0.3, 0.4) is 0 Å². The van der Waals surface area contributed by atoms with E-state index in [1.807, 2.05) is 0 Å². The molecule has 0 amide bonds. The van der Waals surface area contributed by atoms with Gasteiger partial charge in [0.15, 0.2) is 5.96 Å². The highest BCUT2D eigenvalue weighted by Crippen LogP contribution is 2.20. The SMILES string of the molecule is CCNC(=NCCC1CCN(C)CC1)N1CCC(COCCOC)C1. The summed E-state index contributed by atoms with van der Waals surface area (Å²) in [6, 6.07) is 0. The Labute approximate surface area is 153 Å². The number of piperidine rings is 1. The van der Waals surface area contributed by atoms with Crippen molar-refractivity contribution >= 4 is 5.96 Å². The van der Waals surface area contributed by atoms with E-state index in [0.29, 0.717) is 19.1 Å². The Morgan fingerprint density at radius 3 is 2.60 bits per heavy atom. The minimum absolute atomic E-state index is 0.606. The number of nitrogens with one attached hydrogen (secondary N) is 1. The van der Waals surface area contributed by atoms with Crippen LogP contribution in [-0.2, 0) is 9.47 Å². The summed E-state index contributed by atoms with van der Waals surface area (Å²) >= 11 is 0.